The van der Waals surface area contributed by atoms with Gasteiger partial charge in [0, 0.05) is 5.56 Å². The highest BCUT2D eigenvalue weighted by atomic mass is 35.5. The number of aliphatic hydroxyl groups excluding tert-OH is 1. The fourth-order valence-electron chi connectivity index (χ4n) is 1.89. The van der Waals surface area contributed by atoms with Crippen molar-refractivity contribution in [2.75, 3.05) is 6.61 Å². The van der Waals surface area contributed by atoms with E-state index in [-0.39, 0.29) is 6.61 Å². The third-order valence-electron chi connectivity index (χ3n) is 2.86. The molecule has 1 N–H and O–H groups in total. The van der Waals surface area contributed by atoms with Gasteiger partial charge in [0.05, 0.1) is 23.0 Å². The Morgan fingerprint density at radius 2 is 2.16 bits per heavy atom. The van der Waals surface area contributed by atoms with Crippen molar-refractivity contribution in [3.05, 3.63) is 51.8 Å². The van der Waals surface area contributed by atoms with E-state index in [1.54, 1.807) is 0 Å². The van der Waals surface area contributed by atoms with Crippen molar-refractivity contribution in [3.63, 3.8) is 0 Å². The molecule has 0 fully saturated rings. The smallest absolute Gasteiger partial charge is 0.104 e. The van der Waals surface area contributed by atoms with Crippen LogP contribution in [0.5, 0.6) is 0 Å². The second-order valence-electron chi connectivity index (χ2n) is 4.30. The summed E-state index contributed by atoms with van der Waals surface area (Å²) in [6.07, 6.45) is 0. The summed E-state index contributed by atoms with van der Waals surface area (Å²) < 4.78 is 1.89. The molecule has 0 aliphatic carbocycles. The van der Waals surface area contributed by atoms with Crippen LogP contribution in [0.1, 0.15) is 22.5 Å². The standard InChI is InChI=1S/C15H15ClN2O/c1-11-15(16)12(2)18(17-11)10-14-6-3-5-13(9-14)7-4-8-19/h3,5-6,9,19H,8,10H2,1-2H3. The lowest BCUT2D eigenvalue weighted by molar-refractivity contribution is 0.350. The molecule has 98 valence electrons. The molecular weight excluding hydrogens is 260 g/mol. The number of aryl methyl sites for hydroxylation is 1. The van der Waals surface area contributed by atoms with Crippen molar-refractivity contribution in [2.45, 2.75) is 20.4 Å². The van der Waals surface area contributed by atoms with Gasteiger partial charge in [-0.2, -0.15) is 5.10 Å². The summed E-state index contributed by atoms with van der Waals surface area (Å²) in [5, 5.41) is 13.8. The van der Waals surface area contributed by atoms with E-state index in [0.29, 0.717) is 6.54 Å². The van der Waals surface area contributed by atoms with Gasteiger partial charge in [-0.15, -0.1) is 0 Å². The highest BCUT2D eigenvalue weighted by Crippen LogP contribution is 2.20. The van der Waals surface area contributed by atoms with Gasteiger partial charge in [-0.1, -0.05) is 35.6 Å². The first-order chi connectivity index (χ1) is 9.11. The van der Waals surface area contributed by atoms with Crippen LogP contribution in [0.4, 0.5) is 0 Å². The molecule has 0 spiro atoms. The van der Waals surface area contributed by atoms with Gasteiger partial charge < -0.3 is 5.11 Å². The molecule has 2 aromatic rings. The number of aliphatic hydroxyl groups is 1. The summed E-state index contributed by atoms with van der Waals surface area (Å²) in [7, 11) is 0. The Morgan fingerprint density at radius 3 is 2.79 bits per heavy atom. The fourth-order valence-corrected chi connectivity index (χ4v) is 2.03. The van der Waals surface area contributed by atoms with Crippen LogP contribution in [-0.2, 0) is 6.54 Å². The van der Waals surface area contributed by atoms with Crippen molar-refractivity contribution in [3.8, 4) is 11.8 Å². The molecule has 3 nitrogen and oxygen atoms in total. The average Bonchev–Trinajstić information content (AvgIpc) is 2.64. The molecule has 0 aliphatic rings. The summed E-state index contributed by atoms with van der Waals surface area (Å²) in [6, 6.07) is 7.88. The third kappa shape index (κ3) is 3.17. The average molecular weight is 275 g/mol. The molecule has 0 aliphatic heterocycles. The Hall–Kier alpha value is -1.76. The van der Waals surface area contributed by atoms with Crippen LogP contribution in [0.15, 0.2) is 24.3 Å². The monoisotopic (exact) mass is 274 g/mol. The number of aromatic nitrogens is 2. The summed E-state index contributed by atoms with van der Waals surface area (Å²) in [5.41, 5.74) is 3.80. The third-order valence-corrected chi connectivity index (χ3v) is 3.41. The van der Waals surface area contributed by atoms with Crippen LogP contribution in [0, 0.1) is 25.7 Å². The number of nitrogens with zero attached hydrogens (tertiary/aromatic N) is 2. The van der Waals surface area contributed by atoms with Crippen LogP contribution in [-0.4, -0.2) is 21.5 Å². The van der Waals surface area contributed by atoms with Crippen molar-refractivity contribution in [1.82, 2.24) is 9.78 Å². The normalized spacial score (nSPS) is 10.1. The Bertz CT molecular complexity index is 650. The van der Waals surface area contributed by atoms with E-state index < -0.39 is 0 Å². The minimum Gasteiger partial charge on any atom is -0.384 e. The van der Waals surface area contributed by atoms with E-state index in [1.165, 1.54) is 0 Å². The molecular formula is C15H15ClN2O. The first-order valence-corrected chi connectivity index (χ1v) is 6.38. The van der Waals surface area contributed by atoms with Gasteiger partial charge in [0.25, 0.3) is 0 Å². The molecule has 1 aromatic carbocycles. The molecule has 0 atom stereocenters. The first-order valence-electron chi connectivity index (χ1n) is 6.00. The van der Waals surface area contributed by atoms with Crippen LogP contribution >= 0.6 is 11.6 Å². The number of rotatable bonds is 2. The second kappa shape index (κ2) is 5.92. The SMILES string of the molecule is Cc1nn(Cc2cccc(C#CCO)c2)c(C)c1Cl. The van der Waals surface area contributed by atoms with E-state index >= 15 is 0 Å². The molecule has 0 bridgehead atoms. The quantitative estimate of drug-likeness (QED) is 0.855. The van der Waals surface area contributed by atoms with E-state index in [9.17, 15) is 0 Å². The predicted molar refractivity (Wildman–Crippen MR) is 76.2 cm³/mol. The molecule has 0 saturated carbocycles. The van der Waals surface area contributed by atoms with Gasteiger partial charge in [0.15, 0.2) is 0 Å². The van der Waals surface area contributed by atoms with Crippen LogP contribution in [0.3, 0.4) is 0 Å². The van der Waals surface area contributed by atoms with Gasteiger partial charge in [-0.3, -0.25) is 4.68 Å². The zero-order valence-electron chi connectivity index (χ0n) is 10.9. The molecule has 0 unspecified atom stereocenters. The molecule has 0 radical (unpaired) electrons. The summed E-state index contributed by atoms with van der Waals surface area (Å²) in [5.74, 6) is 5.54. The van der Waals surface area contributed by atoms with Gasteiger partial charge in [-0.25, -0.2) is 0 Å². The lowest BCUT2D eigenvalue weighted by Crippen LogP contribution is -2.04. The summed E-state index contributed by atoms with van der Waals surface area (Å²) >= 11 is 6.13. The Kier molecular flexibility index (Phi) is 4.26. The van der Waals surface area contributed by atoms with Crippen molar-refractivity contribution < 1.29 is 5.11 Å². The Morgan fingerprint density at radius 1 is 1.37 bits per heavy atom. The molecule has 4 heteroatoms. The highest BCUT2D eigenvalue weighted by molar-refractivity contribution is 6.31. The van der Waals surface area contributed by atoms with Gasteiger partial charge in [0.2, 0.25) is 0 Å². The lowest BCUT2D eigenvalue weighted by atomic mass is 10.1. The van der Waals surface area contributed by atoms with Gasteiger partial charge in [0.1, 0.15) is 6.61 Å². The van der Waals surface area contributed by atoms with Crippen LogP contribution < -0.4 is 0 Å². The minimum atomic E-state index is -0.128. The molecule has 19 heavy (non-hydrogen) atoms. The van der Waals surface area contributed by atoms with Gasteiger partial charge >= 0.3 is 0 Å². The number of benzene rings is 1. The molecule has 0 saturated heterocycles. The Balaban J connectivity index is 2.26. The topological polar surface area (TPSA) is 38.0 Å². The largest absolute Gasteiger partial charge is 0.384 e. The van der Waals surface area contributed by atoms with E-state index in [4.69, 9.17) is 16.7 Å². The minimum absolute atomic E-state index is 0.128. The zero-order chi connectivity index (χ0) is 13.8. The fraction of sp³-hybridized carbons (Fsp3) is 0.267. The molecule has 0 amide bonds. The number of hydrogen-bond donors (Lipinski definition) is 1. The maximum Gasteiger partial charge on any atom is 0.104 e. The lowest BCUT2D eigenvalue weighted by Gasteiger charge is -2.05. The molecule has 1 heterocycles. The van der Waals surface area contributed by atoms with Crippen LogP contribution in [0.25, 0.3) is 0 Å². The predicted octanol–water partition coefficient (Wildman–Crippen LogP) is 2.55. The van der Waals surface area contributed by atoms with Crippen molar-refractivity contribution >= 4 is 11.6 Å². The highest BCUT2D eigenvalue weighted by Gasteiger charge is 2.09. The number of hydrogen-bond acceptors (Lipinski definition) is 2. The van der Waals surface area contributed by atoms with Crippen LogP contribution in [0.2, 0.25) is 5.02 Å². The van der Waals surface area contributed by atoms with Crippen molar-refractivity contribution in [1.29, 1.82) is 0 Å². The van der Waals surface area contributed by atoms with Crippen molar-refractivity contribution in [2.24, 2.45) is 0 Å². The van der Waals surface area contributed by atoms with Gasteiger partial charge in [-0.05, 0) is 31.5 Å². The first kappa shape index (κ1) is 13.7. The summed E-state index contributed by atoms with van der Waals surface area (Å²) in [4.78, 5) is 0. The maximum atomic E-state index is 8.70. The Labute approximate surface area is 117 Å². The van der Waals surface area contributed by atoms with E-state index in [0.717, 1.165) is 27.5 Å². The maximum absolute atomic E-state index is 8.70. The van der Waals surface area contributed by atoms with E-state index in [2.05, 4.69) is 16.9 Å². The zero-order valence-corrected chi connectivity index (χ0v) is 11.7. The number of halogens is 1. The van der Waals surface area contributed by atoms with E-state index in [1.807, 2.05) is 42.8 Å². The second-order valence-corrected chi connectivity index (χ2v) is 4.68. The summed E-state index contributed by atoms with van der Waals surface area (Å²) in [6.45, 7) is 4.39. The molecule has 2 rings (SSSR count). The molecule has 1 aromatic heterocycles.